The molecule has 0 amide bonds. The van der Waals surface area contributed by atoms with Crippen molar-refractivity contribution in [2.45, 2.75) is 82.8 Å². The molecule has 1 saturated heterocycles. The molecule has 0 bridgehead atoms. The third-order valence-corrected chi connectivity index (χ3v) is 7.66. The second-order valence-electron chi connectivity index (χ2n) is 11.1. The average Bonchev–Trinajstić information content (AvgIpc) is 3.06. The molecule has 180 valence electrons. The van der Waals surface area contributed by atoms with Crippen molar-refractivity contribution in [3.05, 3.63) is 41.6 Å². The van der Waals surface area contributed by atoms with E-state index in [1.165, 1.54) is 24.0 Å². The summed E-state index contributed by atoms with van der Waals surface area (Å²) in [7, 11) is 0. The molecule has 33 heavy (non-hydrogen) atoms. The number of anilines is 1. The highest BCUT2D eigenvalue weighted by Crippen LogP contribution is 2.46. The van der Waals surface area contributed by atoms with Crippen LogP contribution in [-0.4, -0.2) is 58.6 Å². The maximum atomic E-state index is 9.62. The second kappa shape index (κ2) is 9.69. The summed E-state index contributed by atoms with van der Waals surface area (Å²) in [5.74, 6) is 1.77. The number of hydrogen-bond donors (Lipinski definition) is 3. The molecule has 0 radical (unpaired) electrons. The summed E-state index contributed by atoms with van der Waals surface area (Å²) >= 11 is 0. The molecule has 2 atom stereocenters. The van der Waals surface area contributed by atoms with Crippen molar-refractivity contribution < 1.29 is 10.2 Å². The minimum Gasteiger partial charge on any atom is -0.394 e. The molecule has 1 fully saturated rings. The highest BCUT2D eigenvalue weighted by molar-refractivity contribution is 5.61. The van der Waals surface area contributed by atoms with Gasteiger partial charge in [0.15, 0.2) is 5.82 Å². The van der Waals surface area contributed by atoms with E-state index in [-0.39, 0.29) is 17.4 Å². The first-order valence-corrected chi connectivity index (χ1v) is 12.5. The van der Waals surface area contributed by atoms with Gasteiger partial charge in [-0.05, 0) is 66.2 Å². The van der Waals surface area contributed by atoms with Gasteiger partial charge in [0.05, 0.1) is 12.7 Å². The van der Waals surface area contributed by atoms with Crippen LogP contribution in [0.15, 0.2) is 30.5 Å². The van der Waals surface area contributed by atoms with Crippen molar-refractivity contribution in [1.82, 2.24) is 15.3 Å². The van der Waals surface area contributed by atoms with Gasteiger partial charge in [-0.1, -0.05) is 39.8 Å². The van der Waals surface area contributed by atoms with Crippen LogP contribution in [0.4, 0.5) is 5.82 Å². The van der Waals surface area contributed by atoms with Crippen LogP contribution in [0.2, 0.25) is 0 Å². The zero-order valence-electron chi connectivity index (χ0n) is 20.6. The smallest absolute Gasteiger partial charge is 0.161 e. The van der Waals surface area contributed by atoms with E-state index in [2.05, 4.69) is 61.1 Å². The molecular formula is C27H40N4O2. The lowest BCUT2D eigenvalue weighted by Gasteiger charge is -2.42. The summed E-state index contributed by atoms with van der Waals surface area (Å²) in [4.78, 5) is 12.0. The Morgan fingerprint density at radius 1 is 1.06 bits per heavy atom. The van der Waals surface area contributed by atoms with Gasteiger partial charge in [-0.2, -0.15) is 0 Å². The predicted molar refractivity (Wildman–Crippen MR) is 134 cm³/mol. The van der Waals surface area contributed by atoms with Gasteiger partial charge in [0, 0.05) is 37.4 Å². The van der Waals surface area contributed by atoms with Crippen LogP contribution in [0.25, 0.3) is 11.4 Å². The summed E-state index contributed by atoms with van der Waals surface area (Å²) in [6.07, 6.45) is 6.69. The first-order chi connectivity index (χ1) is 15.7. The standard InChI is InChI=1S/C27H40N4O2/c1-26(2)11-12-27(3,4)23-16-19(7-8-22(23)26)25-28-13-9-24(30-25)31-14-5-6-20(10-15-31)29-17-21(33)18-32/h7-9,13,16,20-21,29,32-33H,5-6,10-12,14-15,17-18H2,1-4H3/t20-,21+/m1/s1. The van der Waals surface area contributed by atoms with Crippen molar-refractivity contribution in [1.29, 1.82) is 0 Å². The first-order valence-electron chi connectivity index (χ1n) is 12.5. The lowest BCUT2D eigenvalue weighted by Crippen LogP contribution is -2.37. The van der Waals surface area contributed by atoms with Gasteiger partial charge in [-0.15, -0.1) is 0 Å². The molecule has 1 aliphatic heterocycles. The van der Waals surface area contributed by atoms with E-state index < -0.39 is 6.10 Å². The molecule has 0 unspecified atom stereocenters. The third kappa shape index (κ3) is 5.39. The number of hydrogen-bond acceptors (Lipinski definition) is 6. The molecule has 2 aromatic rings. The molecule has 6 heteroatoms. The molecule has 0 saturated carbocycles. The molecule has 1 aromatic heterocycles. The third-order valence-electron chi connectivity index (χ3n) is 7.66. The van der Waals surface area contributed by atoms with Crippen molar-refractivity contribution >= 4 is 5.82 Å². The van der Waals surface area contributed by atoms with Crippen molar-refractivity contribution in [2.24, 2.45) is 0 Å². The Morgan fingerprint density at radius 3 is 2.58 bits per heavy atom. The number of aromatic nitrogens is 2. The molecule has 4 rings (SSSR count). The number of aliphatic hydroxyl groups is 2. The van der Waals surface area contributed by atoms with Gasteiger partial charge >= 0.3 is 0 Å². The fraction of sp³-hybridized carbons (Fsp3) is 0.630. The van der Waals surface area contributed by atoms with Gasteiger partial charge in [-0.3, -0.25) is 0 Å². The van der Waals surface area contributed by atoms with E-state index in [1.807, 2.05) is 12.3 Å². The number of aliphatic hydroxyl groups excluding tert-OH is 2. The quantitative estimate of drug-likeness (QED) is 0.619. The Kier molecular flexibility index (Phi) is 7.08. The van der Waals surface area contributed by atoms with Gasteiger partial charge in [-0.25, -0.2) is 9.97 Å². The molecular weight excluding hydrogens is 412 g/mol. The van der Waals surface area contributed by atoms with Crippen molar-refractivity contribution in [2.75, 3.05) is 31.1 Å². The Morgan fingerprint density at radius 2 is 1.82 bits per heavy atom. The highest BCUT2D eigenvalue weighted by atomic mass is 16.3. The number of rotatable bonds is 6. The number of nitrogens with zero attached hydrogens (tertiary/aromatic N) is 3. The first kappa shape index (κ1) is 24.1. The molecule has 1 aromatic carbocycles. The maximum Gasteiger partial charge on any atom is 0.161 e. The Balaban J connectivity index is 1.52. The maximum absolute atomic E-state index is 9.62. The summed E-state index contributed by atoms with van der Waals surface area (Å²) in [5, 5.41) is 22.1. The fourth-order valence-electron chi connectivity index (χ4n) is 5.29. The highest BCUT2D eigenvalue weighted by Gasteiger charge is 2.37. The normalized spacial score (nSPS) is 23.0. The number of benzene rings is 1. The zero-order valence-corrected chi connectivity index (χ0v) is 20.6. The monoisotopic (exact) mass is 452 g/mol. The minimum absolute atomic E-state index is 0.162. The summed E-state index contributed by atoms with van der Waals surface area (Å²) in [5.41, 5.74) is 4.34. The van der Waals surface area contributed by atoms with Crippen LogP contribution < -0.4 is 10.2 Å². The van der Waals surface area contributed by atoms with E-state index in [4.69, 9.17) is 10.1 Å². The fourth-order valence-corrected chi connectivity index (χ4v) is 5.29. The Labute approximate surface area is 198 Å². The minimum atomic E-state index is -0.694. The summed E-state index contributed by atoms with van der Waals surface area (Å²) in [6, 6.07) is 9.17. The van der Waals surface area contributed by atoms with Crippen molar-refractivity contribution in [3.63, 3.8) is 0 Å². The van der Waals surface area contributed by atoms with E-state index in [0.717, 1.165) is 49.6 Å². The molecule has 6 nitrogen and oxygen atoms in total. The van der Waals surface area contributed by atoms with Crippen LogP contribution in [0.1, 0.15) is 70.9 Å². The predicted octanol–water partition coefficient (Wildman–Crippen LogP) is 3.79. The lowest BCUT2D eigenvalue weighted by molar-refractivity contribution is 0.0914. The Bertz CT molecular complexity index is 959. The molecule has 0 spiro atoms. The van der Waals surface area contributed by atoms with Crippen LogP contribution in [0.5, 0.6) is 0 Å². The number of fused-ring (bicyclic) bond motifs is 1. The molecule has 2 aliphatic rings. The topological polar surface area (TPSA) is 81.5 Å². The summed E-state index contributed by atoms with van der Waals surface area (Å²) < 4.78 is 0. The van der Waals surface area contributed by atoms with Crippen molar-refractivity contribution in [3.8, 4) is 11.4 Å². The van der Waals surface area contributed by atoms with Gasteiger partial charge < -0.3 is 20.4 Å². The van der Waals surface area contributed by atoms with Crippen LogP contribution in [-0.2, 0) is 10.8 Å². The van der Waals surface area contributed by atoms with Crippen LogP contribution >= 0.6 is 0 Å². The zero-order chi connectivity index (χ0) is 23.6. The number of nitrogens with one attached hydrogen (secondary N) is 1. The van der Waals surface area contributed by atoms with Crippen LogP contribution in [0, 0.1) is 0 Å². The van der Waals surface area contributed by atoms with Gasteiger partial charge in [0.1, 0.15) is 5.82 Å². The van der Waals surface area contributed by atoms with Gasteiger partial charge in [0.2, 0.25) is 0 Å². The molecule has 1 aliphatic carbocycles. The Hall–Kier alpha value is -2.02. The van der Waals surface area contributed by atoms with E-state index in [0.29, 0.717) is 12.6 Å². The summed E-state index contributed by atoms with van der Waals surface area (Å²) in [6.45, 7) is 11.5. The largest absolute Gasteiger partial charge is 0.394 e. The van der Waals surface area contributed by atoms with Crippen LogP contribution in [0.3, 0.4) is 0 Å². The SMILES string of the molecule is CC1(C)CCC(C)(C)c2cc(-c3nccc(N4CCC[C@@H](NC[C@H](O)CO)CC4)n3)ccc21. The molecule has 2 heterocycles. The average molecular weight is 453 g/mol. The van der Waals surface area contributed by atoms with E-state index in [9.17, 15) is 5.11 Å². The van der Waals surface area contributed by atoms with Gasteiger partial charge in [0.25, 0.3) is 0 Å². The second-order valence-corrected chi connectivity index (χ2v) is 11.1. The van der Waals surface area contributed by atoms with E-state index in [1.54, 1.807) is 0 Å². The van der Waals surface area contributed by atoms with E-state index >= 15 is 0 Å². The lowest BCUT2D eigenvalue weighted by atomic mass is 9.63. The molecule has 3 N–H and O–H groups in total.